The number of thiocarbonyl (C=S) groups is 1. The van der Waals surface area contributed by atoms with Crippen LogP contribution in [0.2, 0.25) is 0 Å². The van der Waals surface area contributed by atoms with E-state index in [1.54, 1.807) is 14.0 Å². The number of amides is 1. The number of nitrogens with one attached hydrogen (secondary N) is 3. The molecule has 8 heteroatoms. The number of hydrogen-bond donors (Lipinski definition) is 3. The molecule has 3 aromatic rings. The molecule has 0 radical (unpaired) electrons. The van der Waals surface area contributed by atoms with Crippen LogP contribution in [0.1, 0.15) is 21.7 Å². The van der Waals surface area contributed by atoms with Gasteiger partial charge in [0.05, 0.1) is 7.11 Å². The predicted octanol–water partition coefficient (Wildman–Crippen LogP) is 2.97. The molecule has 3 N–H and O–H groups in total. The molecule has 7 nitrogen and oxygen atoms in total. The third-order valence-electron chi connectivity index (χ3n) is 4.04. The van der Waals surface area contributed by atoms with Crippen molar-refractivity contribution >= 4 is 23.2 Å². The minimum atomic E-state index is -0.383. The lowest BCUT2D eigenvalue weighted by molar-refractivity contribution is 0.0942. The molecule has 3 rings (SSSR count). The van der Waals surface area contributed by atoms with Crippen LogP contribution < -0.4 is 20.9 Å². The van der Waals surface area contributed by atoms with Crippen molar-refractivity contribution in [2.75, 3.05) is 7.11 Å². The second-order valence-electron chi connectivity index (χ2n) is 5.94. The van der Waals surface area contributed by atoms with Crippen LogP contribution in [0.25, 0.3) is 11.3 Å². The second-order valence-corrected chi connectivity index (χ2v) is 6.35. The zero-order valence-corrected chi connectivity index (χ0v) is 16.3. The van der Waals surface area contributed by atoms with Gasteiger partial charge in [-0.1, -0.05) is 47.6 Å². The van der Waals surface area contributed by atoms with E-state index in [0.717, 1.165) is 16.9 Å². The van der Waals surface area contributed by atoms with Crippen molar-refractivity contribution in [1.82, 2.24) is 21.3 Å². The average molecular weight is 396 g/mol. The summed E-state index contributed by atoms with van der Waals surface area (Å²) in [4.78, 5) is 12.6. The number of hydrogen-bond acceptors (Lipinski definition) is 5. The van der Waals surface area contributed by atoms with E-state index in [1.807, 2.05) is 54.6 Å². The average Bonchev–Trinajstić information content (AvgIpc) is 3.13. The summed E-state index contributed by atoms with van der Waals surface area (Å²) in [5, 5.41) is 7.32. The summed E-state index contributed by atoms with van der Waals surface area (Å²) in [6, 6.07) is 17.0. The van der Waals surface area contributed by atoms with Crippen molar-refractivity contribution in [2.45, 2.75) is 13.5 Å². The van der Waals surface area contributed by atoms with Crippen LogP contribution in [-0.4, -0.2) is 23.3 Å². The fourth-order valence-corrected chi connectivity index (χ4v) is 2.70. The van der Waals surface area contributed by atoms with Gasteiger partial charge in [-0.05, 0) is 36.8 Å². The molecule has 1 amide bonds. The lowest BCUT2D eigenvalue weighted by atomic mass is 10.1. The molecule has 0 atom stereocenters. The Morgan fingerprint density at radius 3 is 2.50 bits per heavy atom. The first-order valence-electron chi connectivity index (χ1n) is 8.57. The normalized spacial score (nSPS) is 10.2. The van der Waals surface area contributed by atoms with Gasteiger partial charge in [0.15, 0.2) is 5.11 Å². The van der Waals surface area contributed by atoms with Crippen LogP contribution in [0.15, 0.2) is 59.1 Å². The summed E-state index contributed by atoms with van der Waals surface area (Å²) in [6.45, 7) is 2.20. The summed E-state index contributed by atoms with van der Waals surface area (Å²) in [5.41, 5.74) is 7.93. The first kappa shape index (κ1) is 19.4. The van der Waals surface area contributed by atoms with E-state index >= 15 is 0 Å². The number of hydrazine groups is 1. The van der Waals surface area contributed by atoms with E-state index < -0.39 is 0 Å². The highest BCUT2D eigenvalue weighted by atomic mass is 32.1. The van der Waals surface area contributed by atoms with Gasteiger partial charge in [0.25, 0.3) is 5.91 Å². The van der Waals surface area contributed by atoms with Crippen LogP contribution in [0.5, 0.6) is 5.75 Å². The topological polar surface area (TPSA) is 88.4 Å². The molecule has 0 saturated heterocycles. The molecule has 28 heavy (non-hydrogen) atoms. The number of rotatable bonds is 5. The summed E-state index contributed by atoms with van der Waals surface area (Å²) in [5.74, 6) is 0.830. The number of benzene rings is 2. The second kappa shape index (κ2) is 9.01. The van der Waals surface area contributed by atoms with E-state index in [2.05, 4.69) is 21.3 Å². The molecular formula is C20H20N4O3S. The molecule has 0 aliphatic rings. The predicted molar refractivity (Wildman–Crippen MR) is 110 cm³/mol. The van der Waals surface area contributed by atoms with Crippen LogP contribution in [0, 0.1) is 6.92 Å². The highest BCUT2D eigenvalue weighted by molar-refractivity contribution is 7.80. The number of ether oxygens (including phenoxy) is 1. The van der Waals surface area contributed by atoms with E-state index in [-0.39, 0.29) is 5.91 Å². The molecule has 0 unspecified atom stereocenters. The van der Waals surface area contributed by atoms with Crippen LogP contribution in [0.3, 0.4) is 0 Å². The zero-order valence-electron chi connectivity index (χ0n) is 15.5. The molecule has 1 aromatic heterocycles. The number of aromatic nitrogens is 1. The number of methoxy groups -OCH3 is 1. The molecule has 1 heterocycles. The molecule has 0 saturated carbocycles. The monoisotopic (exact) mass is 396 g/mol. The molecule has 0 aliphatic carbocycles. The van der Waals surface area contributed by atoms with Gasteiger partial charge in [-0.2, -0.15) is 0 Å². The SMILES string of the molecule is COc1ccc(CNC(=S)NNC(=O)c2c(-c3ccccc3)noc2C)cc1. The van der Waals surface area contributed by atoms with Crippen molar-refractivity contribution in [2.24, 2.45) is 0 Å². The van der Waals surface area contributed by atoms with E-state index in [0.29, 0.717) is 28.7 Å². The fraction of sp³-hybridized carbons (Fsp3) is 0.150. The van der Waals surface area contributed by atoms with Crippen LogP contribution in [-0.2, 0) is 6.54 Å². The Bertz CT molecular complexity index is 955. The van der Waals surface area contributed by atoms with E-state index in [4.69, 9.17) is 21.5 Å². The fourth-order valence-electron chi connectivity index (χ4n) is 2.58. The molecule has 0 aliphatic heterocycles. The number of aryl methyl sites for hydroxylation is 1. The van der Waals surface area contributed by atoms with Crippen LogP contribution in [0.4, 0.5) is 0 Å². The molecule has 0 bridgehead atoms. The van der Waals surface area contributed by atoms with Gasteiger partial charge in [-0.25, -0.2) is 0 Å². The number of carbonyl (C=O) groups is 1. The summed E-state index contributed by atoms with van der Waals surface area (Å²) in [7, 11) is 1.62. The Morgan fingerprint density at radius 2 is 1.82 bits per heavy atom. The Morgan fingerprint density at radius 1 is 1.11 bits per heavy atom. The van der Waals surface area contributed by atoms with Crippen molar-refractivity contribution in [1.29, 1.82) is 0 Å². The smallest absolute Gasteiger partial charge is 0.275 e. The number of nitrogens with zero attached hydrogens (tertiary/aromatic N) is 1. The van der Waals surface area contributed by atoms with Gasteiger partial charge in [-0.3, -0.25) is 15.6 Å². The third-order valence-corrected chi connectivity index (χ3v) is 4.29. The van der Waals surface area contributed by atoms with Gasteiger partial charge in [0, 0.05) is 12.1 Å². The highest BCUT2D eigenvalue weighted by Crippen LogP contribution is 2.24. The van der Waals surface area contributed by atoms with E-state index in [9.17, 15) is 4.79 Å². The first-order chi connectivity index (χ1) is 13.6. The largest absolute Gasteiger partial charge is 0.497 e. The van der Waals surface area contributed by atoms with Crippen molar-refractivity contribution in [3.63, 3.8) is 0 Å². The minimum absolute atomic E-state index is 0.291. The minimum Gasteiger partial charge on any atom is -0.497 e. The zero-order chi connectivity index (χ0) is 19.9. The molecular weight excluding hydrogens is 376 g/mol. The highest BCUT2D eigenvalue weighted by Gasteiger charge is 2.21. The van der Waals surface area contributed by atoms with Gasteiger partial charge in [-0.15, -0.1) is 0 Å². The van der Waals surface area contributed by atoms with Crippen molar-refractivity contribution in [3.8, 4) is 17.0 Å². The maximum absolute atomic E-state index is 12.6. The maximum Gasteiger partial charge on any atom is 0.275 e. The third kappa shape index (κ3) is 4.66. The number of carbonyl (C=O) groups excluding carboxylic acids is 1. The quantitative estimate of drug-likeness (QED) is 0.451. The summed E-state index contributed by atoms with van der Waals surface area (Å²) in [6.07, 6.45) is 0. The Kier molecular flexibility index (Phi) is 6.23. The van der Waals surface area contributed by atoms with Crippen LogP contribution >= 0.6 is 12.2 Å². The molecule has 0 spiro atoms. The first-order valence-corrected chi connectivity index (χ1v) is 8.98. The molecule has 0 fully saturated rings. The Balaban J connectivity index is 1.57. The van der Waals surface area contributed by atoms with E-state index in [1.165, 1.54) is 0 Å². The lowest BCUT2D eigenvalue weighted by Gasteiger charge is -2.12. The van der Waals surface area contributed by atoms with Crippen molar-refractivity contribution in [3.05, 3.63) is 71.5 Å². The summed E-state index contributed by atoms with van der Waals surface area (Å²) < 4.78 is 10.3. The van der Waals surface area contributed by atoms with Gasteiger partial charge in [0.1, 0.15) is 22.8 Å². The van der Waals surface area contributed by atoms with Gasteiger partial charge >= 0.3 is 0 Å². The molecule has 2 aromatic carbocycles. The summed E-state index contributed by atoms with van der Waals surface area (Å²) >= 11 is 5.21. The van der Waals surface area contributed by atoms with Crippen molar-refractivity contribution < 1.29 is 14.1 Å². The standard InChI is InChI=1S/C20H20N4O3S/c1-13-17(18(24-27-13)15-6-4-3-5-7-15)19(25)22-23-20(28)21-12-14-8-10-16(26-2)11-9-14/h3-11H,12H2,1-2H3,(H,22,25)(H2,21,23,28). The lowest BCUT2D eigenvalue weighted by Crippen LogP contribution is -2.46. The maximum atomic E-state index is 12.6. The van der Waals surface area contributed by atoms with Gasteiger partial charge < -0.3 is 14.6 Å². The van der Waals surface area contributed by atoms with Gasteiger partial charge in [0.2, 0.25) is 0 Å². The molecule has 144 valence electrons. The Labute approximate surface area is 168 Å². The Hall–Kier alpha value is -3.39.